The molecule has 0 saturated carbocycles. The molecule has 126 valence electrons. The maximum atomic E-state index is 12.4. The Morgan fingerprint density at radius 1 is 1.41 bits per heavy atom. The van der Waals surface area contributed by atoms with Crippen LogP contribution in [0.25, 0.3) is 0 Å². The van der Waals surface area contributed by atoms with Crippen LogP contribution in [0.15, 0.2) is 18.2 Å². The predicted molar refractivity (Wildman–Crippen MR) is 80.9 cm³/mol. The first-order chi connectivity index (χ1) is 10.1. The molecule has 3 N–H and O–H groups in total. The van der Waals surface area contributed by atoms with E-state index in [-0.39, 0.29) is 30.2 Å². The van der Waals surface area contributed by atoms with Crippen LogP contribution in [0, 0.1) is 5.92 Å². The van der Waals surface area contributed by atoms with Gasteiger partial charge in [0.15, 0.2) is 0 Å². The van der Waals surface area contributed by atoms with E-state index in [0.717, 1.165) is 6.54 Å². The number of alkyl halides is 2. The second-order valence-corrected chi connectivity index (χ2v) is 4.97. The average molecular weight is 339 g/mol. The summed E-state index contributed by atoms with van der Waals surface area (Å²) in [4.78, 5) is 0. The van der Waals surface area contributed by atoms with Crippen molar-refractivity contribution in [3.63, 3.8) is 0 Å². The highest BCUT2D eigenvalue weighted by atomic mass is 35.5. The van der Waals surface area contributed by atoms with E-state index in [2.05, 4.69) is 15.4 Å². The highest BCUT2D eigenvalue weighted by Gasteiger charge is 2.24. The molecular weight excluding hydrogens is 318 g/mol. The van der Waals surface area contributed by atoms with Crippen LogP contribution in [0.1, 0.15) is 5.56 Å². The van der Waals surface area contributed by atoms with Crippen molar-refractivity contribution >= 4 is 12.4 Å². The number of benzene rings is 1. The number of β-amino-alcohol motifs (C(OH)–C–C–N with tert-alkyl or cyclic N) is 1. The third kappa shape index (κ3) is 5.24. The molecule has 0 amide bonds. The lowest BCUT2D eigenvalue weighted by atomic mass is 10.1. The van der Waals surface area contributed by atoms with Gasteiger partial charge in [0.25, 0.3) is 0 Å². The Bertz CT molecular complexity index is 466. The van der Waals surface area contributed by atoms with Gasteiger partial charge >= 0.3 is 6.61 Å². The van der Waals surface area contributed by atoms with Crippen LogP contribution in [0.4, 0.5) is 8.78 Å². The quantitative estimate of drug-likeness (QED) is 0.701. The molecule has 1 aliphatic rings. The van der Waals surface area contributed by atoms with E-state index >= 15 is 0 Å². The monoisotopic (exact) mass is 338 g/mol. The molecule has 1 aromatic rings. The first-order valence-electron chi connectivity index (χ1n) is 6.81. The van der Waals surface area contributed by atoms with Crippen LogP contribution >= 0.6 is 12.4 Å². The second-order valence-electron chi connectivity index (χ2n) is 4.97. The zero-order valence-corrected chi connectivity index (χ0v) is 13.0. The summed E-state index contributed by atoms with van der Waals surface area (Å²) in [6.45, 7) is -0.549. The summed E-state index contributed by atoms with van der Waals surface area (Å²) < 4.78 is 34.4. The van der Waals surface area contributed by atoms with Gasteiger partial charge in [0.1, 0.15) is 11.5 Å². The number of halogens is 3. The number of aliphatic hydroxyl groups is 1. The van der Waals surface area contributed by atoms with Crippen molar-refractivity contribution < 1.29 is 23.4 Å². The van der Waals surface area contributed by atoms with E-state index in [1.54, 1.807) is 12.1 Å². The molecule has 0 bridgehead atoms. The Kier molecular flexibility index (Phi) is 7.81. The van der Waals surface area contributed by atoms with Gasteiger partial charge in [0, 0.05) is 43.7 Å². The molecule has 1 aliphatic heterocycles. The zero-order chi connectivity index (χ0) is 15.2. The Morgan fingerprint density at radius 2 is 2.18 bits per heavy atom. The van der Waals surface area contributed by atoms with Crippen LogP contribution in [-0.2, 0) is 6.54 Å². The van der Waals surface area contributed by atoms with Gasteiger partial charge in [-0.1, -0.05) is 6.07 Å². The normalized spacial score (nSPS) is 20.8. The van der Waals surface area contributed by atoms with Gasteiger partial charge < -0.3 is 25.2 Å². The Balaban J connectivity index is 0.00000242. The predicted octanol–water partition coefficient (Wildman–Crippen LogP) is 1.39. The summed E-state index contributed by atoms with van der Waals surface area (Å²) in [6, 6.07) is 4.82. The number of nitrogens with one attached hydrogen (secondary N) is 2. The van der Waals surface area contributed by atoms with Gasteiger partial charge in [-0.05, 0) is 6.07 Å². The topological polar surface area (TPSA) is 62.8 Å². The molecule has 5 nitrogen and oxygen atoms in total. The number of rotatable bonds is 7. The number of hydrogen-bond donors (Lipinski definition) is 3. The number of ether oxygens (including phenoxy) is 2. The largest absolute Gasteiger partial charge is 0.497 e. The average Bonchev–Trinajstić information content (AvgIpc) is 2.85. The van der Waals surface area contributed by atoms with E-state index in [9.17, 15) is 13.9 Å². The molecule has 1 saturated heterocycles. The summed E-state index contributed by atoms with van der Waals surface area (Å²) in [5.41, 5.74) is 0.622. The van der Waals surface area contributed by atoms with Crippen LogP contribution in [-0.4, -0.2) is 44.6 Å². The molecule has 1 heterocycles. The maximum Gasteiger partial charge on any atom is 0.387 e. The van der Waals surface area contributed by atoms with Gasteiger partial charge in [0.05, 0.1) is 13.2 Å². The third-order valence-corrected chi connectivity index (χ3v) is 3.52. The van der Waals surface area contributed by atoms with E-state index < -0.39 is 6.61 Å². The molecule has 1 fully saturated rings. The summed E-state index contributed by atoms with van der Waals surface area (Å²) in [7, 11) is 1.47. The van der Waals surface area contributed by atoms with Crippen LogP contribution in [0.3, 0.4) is 0 Å². The lowest BCUT2D eigenvalue weighted by molar-refractivity contribution is -0.0505. The van der Waals surface area contributed by atoms with E-state index in [1.165, 1.54) is 13.2 Å². The number of hydrogen-bond acceptors (Lipinski definition) is 5. The summed E-state index contributed by atoms with van der Waals surface area (Å²) in [6.07, 6.45) is -0.370. The minimum absolute atomic E-state index is 0. The minimum atomic E-state index is -2.88. The molecule has 8 heteroatoms. The molecule has 0 spiro atoms. The molecular formula is C14H21ClF2N2O3. The lowest BCUT2D eigenvalue weighted by Crippen LogP contribution is -2.30. The molecule has 0 aliphatic carbocycles. The Hall–Kier alpha value is -1.15. The molecule has 2 atom stereocenters. The first kappa shape index (κ1) is 18.9. The summed E-state index contributed by atoms with van der Waals surface area (Å²) >= 11 is 0. The summed E-state index contributed by atoms with van der Waals surface area (Å²) in [5.74, 6) is 0.689. The Morgan fingerprint density at radius 3 is 2.77 bits per heavy atom. The van der Waals surface area contributed by atoms with Crippen molar-refractivity contribution in [3.8, 4) is 11.5 Å². The lowest BCUT2D eigenvalue weighted by Gasteiger charge is -2.16. The molecule has 2 unspecified atom stereocenters. The summed E-state index contributed by atoms with van der Waals surface area (Å²) in [5, 5.41) is 15.9. The second kappa shape index (κ2) is 9.09. The molecule has 0 aromatic heterocycles. The third-order valence-electron chi connectivity index (χ3n) is 3.52. The van der Waals surface area contributed by atoms with Crippen LogP contribution in [0.5, 0.6) is 11.5 Å². The van der Waals surface area contributed by atoms with Gasteiger partial charge in [-0.15, -0.1) is 12.4 Å². The zero-order valence-electron chi connectivity index (χ0n) is 12.2. The van der Waals surface area contributed by atoms with E-state index in [1.807, 2.05) is 0 Å². The van der Waals surface area contributed by atoms with Crippen molar-refractivity contribution in [2.24, 2.45) is 5.92 Å². The van der Waals surface area contributed by atoms with Crippen LogP contribution in [0.2, 0.25) is 0 Å². The number of aliphatic hydroxyl groups excluding tert-OH is 1. The van der Waals surface area contributed by atoms with Gasteiger partial charge in [-0.2, -0.15) is 8.78 Å². The van der Waals surface area contributed by atoms with Crippen molar-refractivity contribution in [1.82, 2.24) is 10.6 Å². The SMILES string of the molecule is COc1ccc(CNCC2CNCC2O)c(OC(F)F)c1.Cl. The maximum absolute atomic E-state index is 12.4. The standard InChI is InChI=1S/C14H20F2N2O3.ClH/c1-20-11-3-2-9(13(4-11)21-14(15)16)5-17-6-10-7-18-8-12(10)19;/h2-4,10,12,14,17-19H,5-8H2,1H3;1H. The Labute approximate surface area is 134 Å². The fourth-order valence-electron chi connectivity index (χ4n) is 2.33. The highest BCUT2D eigenvalue weighted by Crippen LogP contribution is 2.26. The van der Waals surface area contributed by atoms with Gasteiger partial charge in [0.2, 0.25) is 0 Å². The number of methoxy groups -OCH3 is 1. The fourth-order valence-corrected chi connectivity index (χ4v) is 2.33. The van der Waals surface area contributed by atoms with Gasteiger partial charge in [-0.25, -0.2) is 0 Å². The van der Waals surface area contributed by atoms with Crippen LogP contribution < -0.4 is 20.1 Å². The van der Waals surface area contributed by atoms with Crippen molar-refractivity contribution in [2.75, 3.05) is 26.7 Å². The molecule has 2 rings (SSSR count). The smallest absolute Gasteiger partial charge is 0.387 e. The molecule has 22 heavy (non-hydrogen) atoms. The van der Waals surface area contributed by atoms with Crippen molar-refractivity contribution in [1.29, 1.82) is 0 Å². The van der Waals surface area contributed by atoms with E-state index in [0.29, 0.717) is 30.9 Å². The van der Waals surface area contributed by atoms with E-state index in [4.69, 9.17) is 4.74 Å². The van der Waals surface area contributed by atoms with Crippen molar-refractivity contribution in [2.45, 2.75) is 19.3 Å². The minimum Gasteiger partial charge on any atom is -0.497 e. The highest BCUT2D eigenvalue weighted by molar-refractivity contribution is 5.85. The molecule has 0 radical (unpaired) electrons. The first-order valence-corrected chi connectivity index (χ1v) is 6.81. The molecule has 1 aromatic carbocycles. The van der Waals surface area contributed by atoms with Gasteiger partial charge in [-0.3, -0.25) is 0 Å². The fraction of sp³-hybridized carbons (Fsp3) is 0.571. The van der Waals surface area contributed by atoms with Crippen molar-refractivity contribution in [3.05, 3.63) is 23.8 Å².